The maximum absolute atomic E-state index is 13.1. The van der Waals surface area contributed by atoms with Crippen LogP contribution in [0.4, 0.5) is 5.69 Å². The van der Waals surface area contributed by atoms with Crippen LogP contribution in [0.5, 0.6) is 5.88 Å². The zero-order chi connectivity index (χ0) is 26.1. The Labute approximate surface area is 219 Å². The monoisotopic (exact) mass is 508 g/mol. The number of anilines is 1. The van der Waals surface area contributed by atoms with E-state index in [1.807, 2.05) is 54.6 Å². The van der Waals surface area contributed by atoms with Crippen molar-refractivity contribution in [3.63, 3.8) is 0 Å². The molecular weight excluding hydrogens is 480 g/mol. The second-order valence-corrected chi connectivity index (χ2v) is 9.55. The molecule has 3 aromatic heterocycles. The standard InChI is InChI=1S/C30H28N4O4/c1-37-28-13-6-21(18-31-28)20-5-11-25-24(17-20)30-26(38-25)12-14-29(36)34(30)23-9-7-22(8-10-23)32-27(35)19-33-15-3-2-4-16-33/h5-14,17-18H,2-4,15-16,19H2,1H3,(H,32,35). The van der Waals surface area contributed by atoms with Gasteiger partial charge in [0.15, 0.2) is 5.58 Å². The summed E-state index contributed by atoms with van der Waals surface area (Å²) >= 11 is 0. The van der Waals surface area contributed by atoms with Crippen molar-refractivity contribution in [2.24, 2.45) is 0 Å². The third-order valence-electron chi connectivity index (χ3n) is 7.01. The molecule has 1 N–H and O–H groups in total. The van der Waals surface area contributed by atoms with E-state index in [2.05, 4.69) is 15.2 Å². The Morgan fingerprint density at radius 2 is 1.71 bits per heavy atom. The largest absolute Gasteiger partial charge is 0.481 e. The number of aromatic nitrogens is 2. The number of benzene rings is 2. The number of nitrogens with one attached hydrogen (secondary N) is 1. The van der Waals surface area contributed by atoms with E-state index in [9.17, 15) is 9.59 Å². The smallest absolute Gasteiger partial charge is 0.255 e. The Kier molecular flexibility index (Phi) is 6.39. The van der Waals surface area contributed by atoms with E-state index in [-0.39, 0.29) is 11.5 Å². The van der Waals surface area contributed by atoms with E-state index in [0.29, 0.717) is 40.5 Å². The molecule has 0 radical (unpaired) electrons. The number of amides is 1. The average molecular weight is 509 g/mol. The molecule has 6 rings (SSSR count). The van der Waals surface area contributed by atoms with Gasteiger partial charge >= 0.3 is 0 Å². The molecule has 0 saturated carbocycles. The second kappa shape index (κ2) is 10.1. The number of pyridine rings is 2. The quantitative estimate of drug-likeness (QED) is 0.338. The first-order valence-electron chi connectivity index (χ1n) is 12.8. The molecule has 8 nitrogen and oxygen atoms in total. The highest BCUT2D eigenvalue weighted by molar-refractivity contribution is 6.05. The highest BCUT2D eigenvalue weighted by Crippen LogP contribution is 2.33. The molecule has 192 valence electrons. The SMILES string of the molecule is COc1ccc(-c2ccc3oc4ccc(=O)n(-c5ccc(NC(=O)CN6CCCCC6)cc5)c4c3c2)cn1. The van der Waals surface area contributed by atoms with Gasteiger partial charge < -0.3 is 14.5 Å². The van der Waals surface area contributed by atoms with Crippen LogP contribution in [0.15, 0.2) is 82.1 Å². The molecule has 0 bridgehead atoms. The number of nitrogens with zero attached hydrogens (tertiary/aromatic N) is 3. The minimum Gasteiger partial charge on any atom is -0.481 e. The normalized spacial score (nSPS) is 14.1. The summed E-state index contributed by atoms with van der Waals surface area (Å²) < 4.78 is 12.9. The predicted octanol–water partition coefficient (Wildman–Crippen LogP) is 5.23. The lowest BCUT2D eigenvalue weighted by molar-refractivity contribution is -0.117. The van der Waals surface area contributed by atoms with Crippen molar-refractivity contribution in [3.8, 4) is 22.7 Å². The number of likely N-dealkylation sites (tertiary alicyclic amines) is 1. The van der Waals surface area contributed by atoms with Crippen LogP contribution >= 0.6 is 0 Å². The topological polar surface area (TPSA) is 89.6 Å². The summed E-state index contributed by atoms with van der Waals surface area (Å²) in [6.45, 7) is 2.33. The van der Waals surface area contributed by atoms with Crippen molar-refractivity contribution in [1.82, 2.24) is 14.5 Å². The first-order chi connectivity index (χ1) is 18.6. The number of hydrogen-bond acceptors (Lipinski definition) is 6. The third kappa shape index (κ3) is 4.66. The minimum atomic E-state index is -0.168. The van der Waals surface area contributed by atoms with E-state index in [0.717, 1.165) is 42.4 Å². The van der Waals surface area contributed by atoms with Crippen LogP contribution in [-0.4, -0.2) is 47.1 Å². The lowest BCUT2D eigenvalue weighted by atomic mass is 10.1. The molecule has 0 unspecified atom stereocenters. The second-order valence-electron chi connectivity index (χ2n) is 9.55. The summed E-state index contributed by atoms with van der Waals surface area (Å²) in [4.78, 5) is 32.1. The van der Waals surface area contributed by atoms with Crippen molar-refractivity contribution in [3.05, 3.63) is 83.3 Å². The molecule has 0 spiro atoms. The molecule has 0 atom stereocenters. The van der Waals surface area contributed by atoms with Crippen LogP contribution in [0.3, 0.4) is 0 Å². The van der Waals surface area contributed by atoms with Crippen LogP contribution in [0.2, 0.25) is 0 Å². The summed E-state index contributed by atoms with van der Waals surface area (Å²) in [6.07, 6.45) is 5.28. The molecule has 4 heterocycles. The van der Waals surface area contributed by atoms with Crippen molar-refractivity contribution in [2.75, 3.05) is 32.1 Å². The summed E-state index contributed by atoms with van der Waals surface area (Å²) in [6, 6.07) is 20.2. The van der Waals surface area contributed by atoms with E-state index in [1.54, 1.807) is 23.9 Å². The number of piperidine rings is 1. The van der Waals surface area contributed by atoms with Gasteiger partial charge in [0.1, 0.15) is 11.1 Å². The van der Waals surface area contributed by atoms with Crippen LogP contribution in [0.25, 0.3) is 38.9 Å². The number of ether oxygens (including phenoxy) is 1. The highest BCUT2D eigenvalue weighted by atomic mass is 16.5. The van der Waals surface area contributed by atoms with Gasteiger partial charge in [0.05, 0.1) is 13.7 Å². The van der Waals surface area contributed by atoms with E-state index < -0.39 is 0 Å². The first-order valence-corrected chi connectivity index (χ1v) is 12.8. The number of methoxy groups -OCH3 is 1. The molecule has 8 heteroatoms. The number of rotatable bonds is 6. The molecule has 1 aliphatic rings. The van der Waals surface area contributed by atoms with Gasteiger partial charge in [0.25, 0.3) is 5.56 Å². The van der Waals surface area contributed by atoms with Gasteiger partial charge in [-0.1, -0.05) is 12.5 Å². The fraction of sp³-hybridized carbons (Fsp3) is 0.233. The van der Waals surface area contributed by atoms with Crippen LogP contribution < -0.4 is 15.6 Å². The number of hydrogen-bond donors (Lipinski definition) is 1. The molecule has 1 aliphatic heterocycles. The predicted molar refractivity (Wildman–Crippen MR) is 148 cm³/mol. The molecular formula is C30H28N4O4. The highest BCUT2D eigenvalue weighted by Gasteiger charge is 2.16. The Bertz CT molecular complexity index is 1660. The summed E-state index contributed by atoms with van der Waals surface area (Å²) in [7, 11) is 1.58. The van der Waals surface area contributed by atoms with Gasteiger partial charge in [-0.15, -0.1) is 0 Å². The molecule has 1 fully saturated rings. The van der Waals surface area contributed by atoms with Crippen LogP contribution in [0, 0.1) is 0 Å². The fourth-order valence-corrected chi connectivity index (χ4v) is 5.10. The van der Waals surface area contributed by atoms with Gasteiger partial charge in [-0.05, 0) is 80.0 Å². The number of carbonyl (C=O) groups excluding carboxylic acids is 1. The molecule has 1 saturated heterocycles. The zero-order valence-electron chi connectivity index (χ0n) is 21.1. The molecule has 5 aromatic rings. The van der Waals surface area contributed by atoms with Gasteiger partial charge in [-0.2, -0.15) is 0 Å². The summed E-state index contributed by atoms with van der Waals surface area (Å²) in [5.41, 5.74) is 5.09. The van der Waals surface area contributed by atoms with Gasteiger partial charge in [0.2, 0.25) is 11.8 Å². The van der Waals surface area contributed by atoms with Gasteiger partial charge in [-0.3, -0.25) is 19.1 Å². The van der Waals surface area contributed by atoms with Crippen molar-refractivity contribution in [1.29, 1.82) is 0 Å². The zero-order valence-corrected chi connectivity index (χ0v) is 21.1. The Hall–Kier alpha value is -4.43. The summed E-state index contributed by atoms with van der Waals surface area (Å²) in [5, 5.41) is 3.80. The third-order valence-corrected chi connectivity index (χ3v) is 7.01. The van der Waals surface area contributed by atoms with E-state index in [4.69, 9.17) is 9.15 Å². The Balaban J connectivity index is 1.33. The Morgan fingerprint density at radius 3 is 2.45 bits per heavy atom. The molecule has 0 aliphatic carbocycles. The maximum atomic E-state index is 13.1. The van der Waals surface area contributed by atoms with Crippen LogP contribution in [-0.2, 0) is 4.79 Å². The number of furan rings is 1. The van der Waals surface area contributed by atoms with Crippen LogP contribution in [0.1, 0.15) is 19.3 Å². The van der Waals surface area contributed by atoms with Crippen molar-refractivity contribution < 1.29 is 13.9 Å². The summed E-state index contributed by atoms with van der Waals surface area (Å²) in [5.74, 6) is 0.517. The van der Waals surface area contributed by atoms with E-state index >= 15 is 0 Å². The maximum Gasteiger partial charge on any atom is 0.255 e. The molecule has 2 aromatic carbocycles. The minimum absolute atomic E-state index is 0.0275. The van der Waals surface area contributed by atoms with Gasteiger partial charge in [0, 0.05) is 40.7 Å². The van der Waals surface area contributed by atoms with Crippen molar-refractivity contribution in [2.45, 2.75) is 19.3 Å². The Morgan fingerprint density at radius 1 is 0.947 bits per heavy atom. The molecule has 1 amide bonds. The lowest BCUT2D eigenvalue weighted by Crippen LogP contribution is -2.36. The average Bonchev–Trinajstić information content (AvgIpc) is 3.32. The first kappa shape index (κ1) is 23.9. The molecule has 38 heavy (non-hydrogen) atoms. The van der Waals surface area contributed by atoms with Crippen molar-refractivity contribution >= 4 is 33.7 Å². The van der Waals surface area contributed by atoms with E-state index in [1.165, 1.54) is 12.5 Å². The van der Waals surface area contributed by atoms with Gasteiger partial charge in [-0.25, -0.2) is 4.98 Å². The fourth-order valence-electron chi connectivity index (χ4n) is 5.10. The lowest BCUT2D eigenvalue weighted by Gasteiger charge is -2.25. The number of carbonyl (C=O) groups is 1. The number of fused-ring (bicyclic) bond motifs is 3.